The van der Waals surface area contributed by atoms with Crippen molar-refractivity contribution in [3.8, 4) is 5.75 Å². The molecule has 0 aromatic heterocycles. The van der Waals surface area contributed by atoms with Crippen LogP contribution in [0.15, 0.2) is 24.3 Å². The lowest BCUT2D eigenvalue weighted by atomic mass is 10.0. The van der Waals surface area contributed by atoms with E-state index in [9.17, 15) is 9.90 Å². The summed E-state index contributed by atoms with van der Waals surface area (Å²) >= 11 is 0. The van der Waals surface area contributed by atoms with Crippen LogP contribution in [-0.4, -0.2) is 27.3 Å². The second-order valence-corrected chi connectivity index (χ2v) is 3.29. The molecule has 0 amide bonds. The third-order valence-corrected chi connectivity index (χ3v) is 2.05. The van der Waals surface area contributed by atoms with Crippen molar-refractivity contribution >= 4 is 5.97 Å². The number of hydrogen-bond acceptors (Lipinski definition) is 4. The molecule has 5 heteroatoms. The molecule has 1 aromatic rings. The number of carboxylic acid groups (broad SMARTS) is 1. The molecule has 0 fully saturated rings. The third kappa shape index (κ3) is 3.23. The second-order valence-electron chi connectivity index (χ2n) is 3.29. The molecular formula is C10H13NO4. The molecule has 0 spiro atoms. The van der Waals surface area contributed by atoms with Crippen LogP contribution in [-0.2, 0) is 4.79 Å². The molecular weight excluding hydrogens is 198 g/mol. The first-order chi connectivity index (χ1) is 7.00. The zero-order chi connectivity index (χ0) is 11.4. The van der Waals surface area contributed by atoms with Crippen LogP contribution < -0.4 is 5.73 Å². The van der Waals surface area contributed by atoms with Gasteiger partial charge in [-0.1, -0.05) is 12.1 Å². The van der Waals surface area contributed by atoms with Crippen LogP contribution in [0.1, 0.15) is 18.1 Å². The van der Waals surface area contributed by atoms with Gasteiger partial charge in [-0.15, -0.1) is 0 Å². The van der Waals surface area contributed by atoms with Gasteiger partial charge >= 0.3 is 5.97 Å². The molecule has 0 saturated carbocycles. The Morgan fingerprint density at radius 1 is 1.47 bits per heavy atom. The molecule has 0 radical (unpaired) electrons. The van der Waals surface area contributed by atoms with Crippen LogP contribution >= 0.6 is 0 Å². The summed E-state index contributed by atoms with van der Waals surface area (Å²) in [7, 11) is 0. The Morgan fingerprint density at radius 3 is 2.67 bits per heavy atom. The first kappa shape index (κ1) is 11.5. The fourth-order valence-electron chi connectivity index (χ4n) is 1.21. The Balaban J connectivity index is 2.68. The van der Waals surface area contributed by atoms with E-state index in [-0.39, 0.29) is 12.2 Å². The third-order valence-electron chi connectivity index (χ3n) is 2.05. The molecule has 5 N–H and O–H groups in total. The quantitative estimate of drug-likeness (QED) is 0.570. The first-order valence-electron chi connectivity index (χ1n) is 4.46. The van der Waals surface area contributed by atoms with E-state index in [1.165, 1.54) is 12.1 Å². The summed E-state index contributed by atoms with van der Waals surface area (Å²) in [5.41, 5.74) is 5.72. The zero-order valence-electron chi connectivity index (χ0n) is 8.00. The maximum atomic E-state index is 10.4. The van der Waals surface area contributed by atoms with Gasteiger partial charge in [0, 0.05) is 6.42 Å². The van der Waals surface area contributed by atoms with E-state index in [0.717, 1.165) is 0 Å². The summed E-state index contributed by atoms with van der Waals surface area (Å²) in [6.07, 6.45) is -1.07. The lowest BCUT2D eigenvalue weighted by Gasteiger charge is -2.13. The summed E-state index contributed by atoms with van der Waals surface area (Å²) in [5, 5.41) is 27.3. The Morgan fingerprint density at radius 2 is 2.13 bits per heavy atom. The van der Waals surface area contributed by atoms with Crippen LogP contribution in [0.4, 0.5) is 0 Å². The van der Waals surface area contributed by atoms with Crippen molar-refractivity contribution in [3.63, 3.8) is 0 Å². The van der Waals surface area contributed by atoms with Crippen LogP contribution in [0.3, 0.4) is 0 Å². The molecule has 0 unspecified atom stereocenters. The number of aliphatic carboxylic acids is 1. The predicted molar refractivity (Wildman–Crippen MR) is 53.3 cm³/mol. The van der Waals surface area contributed by atoms with Gasteiger partial charge in [0.2, 0.25) is 0 Å². The Kier molecular flexibility index (Phi) is 3.65. The summed E-state index contributed by atoms with van der Waals surface area (Å²) in [5.74, 6) is -1.13. The smallest absolute Gasteiger partial charge is 0.320 e. The Bertz CT molecular complexity index is 353. The minimum absolute atomic E-state index is 0.0236. The number of carboxylic acids is 1. The first-order valence-corrected chi connectivity index (χ1v) is 4.46. The predicted octanol–water partition coefficient (Wildman–Crippen LogP) is 0.228. The summed E-state index contributed by atoms with van der Waals surface area (Å²) in [6, 6.07) is 4.90. The van der Waals surface area contributed by atoms with Gasteiger partial charge in [-0.25, -0.2) is 0 Å². The molecule has 0 aliphatic heterocycles. The molecule has 5 nitrogen and oxygen atoms in total. The SMILES string of the molecule is N[C@@H](C[C@H](O)c1cccc(O)c1)C(=O)O. The van der Waals surface area contributed by atoms with Gasteiger partial charge in [-0.05, 0) is 17.7 Å². The van der Waals surface area contributed by atoms with Gasteiger partial charge < -0.3 is 21.1 Å². The average Bonchev–Trinajstić information content (AvgIpc) is 2.17. The molecule has 0 aliphatic rings. The van der Waals surface area contributed by atoms with Crippen molar-refractivity contribution in [3.05, 3.63) is 29.8 Å². The Labute approximate surface area is 86.8 Å². The molecule has 0 bridgehead atoms. The lowest BCUT2D eigenvalue weighted by Crippen LogP contribution is -2.31. The van der Waals surface area contributed by atoms with E-state index in [0.29, 0.717) is 5.56 Å². The number of phenolic OH excluding ortho intramolecular Hbond substituents is 1. The second kappa shape index (κ2) is 4.77. The number of aliphatic hydroxyl groups is 1. The van der Waals surface area contributed by atoms with E-state index in [1.807, 2.05) is 0 Å². The van der Waals surface area contributed by atoms with Crippen molar-refractivity contribution in [1.29, 1.82) is 0 Å². The van der Waals surface area contributed by atoms with Crippen LogP contribution in [0.25, 0.3) is 0 Å². The van der Waals surface area contributed by atoms with Gasteiger partial charge in [0.15, 0.2) is 0 Å². The Hall–Kier alpha value is -1.59. The van der Waals surface area contributed by atoms with Gasteiger partial charge in [0.25, 0.3) is 0 Å². The molecule has 0 saturated heterocycles. The minimum Gasteiger partial charge on any atom is -0.508 e. The van der Waals surface area contributed by atoms with Gasteiger partial charge in [-0.3, -0.25) is 4.79 Å². The van der Waals surface area contributed by atoms with E-state index < -0.39 is 18.1 Å². The number of phenols is 1. The molecule has 1 rings (SSSR count). The molecule has 2 atom stereocenters. The van der Waals surface area contributed by atoms with E-state index in [1.54, 1.807) is 12.1 Å². The minimum atomic E-state index is -1.16. The molecule has 82 valence electrons. The van der Waals surface area contributed by atoms with Crippen molar-refractivity contribution in [2.24, 2.45) is 5.73 Å². The van der Waals surface area contributed by atoms with Gasteiger partial charge in [0.05, 0.1) is 6.10 Å². The summed E-state index contributed by atoms with van der Waals surface area (Å²) in [6.45, 7) is 0. The largest absolute Gasteiger partial charge is 0.508 e. The number of rotatable bonds is 4. The highest BCUT2D eigenvalue weighted by atomic mass is 16.4. The number of benzene rings is 1. The fourth-order valence-corrected chi connectivity index (χ4v) is 1.21. The van der Waals surface area contributed by atoms with E-state index in [4.69, 9.17) is 15.9 Å². The van der Waals surface area contributed by atoms with Crippen LogP contribution in [0, 0.1) is 0 Å². The van der Waals surface area contributed by atoms with Crippen LogP contribution in [0.2, 0.25) is 0 Å². The maximum absolute atomic E-state index is 10.4. The highest BCUT2D eigenvalue weighted by molar-refractivity contribution is 5.73. The molecule has 1 aromatic carbocycles. The highest BCUT2D eigenvalue weighted by Gasteiger charge is 2.18. The monoisotopic (exact) mass is 211 g/mol. The van der Waals surface area contributed by atoms with Crippen LogP contribution in [0.5, 0.6) is 5.75 Å². The van der Waals surface area contributed by atoms with Crippen molar-refractivity contribution in [2.75, 3.05) is 0 Å². The van der Waals surface area contributed by atoms with Crippen molar-refractivity contribution in [2.45, 2.75) is 18.6 Å². The molecule has 15 heavy (non-hydrogen) atoms. The average molecular weight is 211 g/mol. The van der Waals surface area contributed by atoms with Crippen molar-refractivity contribution < 1.29 is 20.1 Å². The zero-order valence-corrected chi connectivity index (χ0v) is 8.00. The number of carbonyl (C=O) groups is 1. The van der Waals surface area contributed by atoms with E-state index in [2.05, 4.69) is 0 Å². The number of hydrogen-bond donors (Lipinski definition) is 4. The van der Waals surface area contributed by atoms with Crippen molar-refractivity contribution in [1.82, 2.24) is 0 Å². The standard InChI is InChI=1S/C10H13NO4/c11-8(10(14)15)5-9(13)6-2-1-3-7(12)4-6/h1-4,8-9,12-13H,5,11H2,(H,14,15)/t8-,9-/m0/s1. The molecule has 0 heterocycles. The van der Waals surface area contributed by atoms with E-state index >= 15 is 0 Å². The summed E-state index contributed by atoms with van der Waals surface area (Å²) < 4.78 is 0. The van der Waals surface area contributed by atoms with Gasteiger partial charge in [0.1, 0.15) is 11.8 Å². The maximum Gasteiger partial charge on any atom is 0.320 e. The summed E-state index contributed by atoms with van der Waals surface area (Å²) in [4.78, 5) is 10.4. The topological polar surface area (TPSA) is 104 Å². The fraction of sp³-hybridized carbons (Fsp3) is 0.300. The number of aliphatic hydroxyl groups excluding tert-OH is 1. The highest BCUT2D eigenvalue weighted by Crippen LogP contribution is 2.21. The number of nitrogens with two attached hydrogens (primary N) is 1. The lowest BCUT2D eigenvalue weighted by molar-refractivity contribution is -0.139. The number of aromatic hydroxyl groups is 1. The normalized spacial score (nSPS) is 14.5. The molecule has 0 aliphatic carbocycles. The van der Waals surface area contributed by atoms with Gasteiger partial charge in [-0.2, -0.15) is 0 Å².